The number of halogens is 2. The average molecular weight is 388 g/mol. The highest BCUT2D eigenvalue weighted by atomic mass is 79.9. The van der Waals surface area contributed by atoms with Crippen LogP contribution in [0.15, 0.2) is 22.7 Å². The summed E-state index contributed by atoms with van der Waals surface area (Å²) in [6, 6.07) is 5.24. The van der Waals surface area contributed by atoms with Crippen LogP contribution in [0.1, 0.15) is 31.1 Å². The molecule has 22 heavy (non-hydrogen) atoms. The Hall–Kier alpha value is -1.07. The van der Waals surface area contributed by atoms with Crippen molar-refractivity contribution in [2.75, 3.05) is 26.2 Å². The van der Waals surface area contributed by atoms with E-state index in [1.807, 2.05) is 25.7 Å². The number of amides is 2. The molecule has 6 heteroatoms. The second kappa shape index (κ2) is 6.59. The average Bonchev–Trinajstić information content (AvgIpc) is 2.47. The molecule has 1 fully saturated rings. The van der Waals surface area contributed by atoms with Crippen LogP contribution in [-0.4, -0.2) is 47.8 Å². The van der Waals surface area contributed by atoms with Gasteiger partial charge in [-0.1, -0.05) is 48.3 Å². The summed E-state index contributed by atoms with van der Waals surface area (Å²) in [5.74, 6) is 0.0363. The Morgan fingerprint density at radius 1 is 1.09 bits per heavy atom. The molecule has 0 saturated carbocycles. The maximum Gasteiger partial charge on any atom is 0.255 e. The fourth-order valence-electron chi connectivity index (χ4n) is 2.42. The van der Waals surface area contributed by atoms with E-state index in [0.717, 1.165) is 4.47 Å². The Kier molecular flexibility index (Phi) is 5.17. The van der Waals surface area contributed by atoms with Gasteiger partial charge in [-0.05, 0) is 18.2 Å². The lowest BCUT2D eigenvalue weighted by Crippen LogP contribution is -2.53. The van der Waals surface area contributed by atoms with Gasteiger partial charge >= 0.3 is 0 Å². The summed E-state index contributed by atoms with van der Waals surface area (Å²) in [5, 5.41) is 0.446. The Balaban J connectivity index is 2.04. The third-order valence-corrected chi connectivity index (χ3v) is 4.48. The van der Waals surface area contributed by atoms with Crippen molar-refractivity contribution in [3.05, 3.63) is 33.3 Å². The van der Waals surface area contributed by atoms with Gasteiger partial charge < -0.3 is 9.80 Å². The van der Waals surface area contributed by atoms with Crippen LogP contribution < -0.4 is 0 Å². The summed E-state index contributed by atoms with van der Waals surface area (Å²) < 4.78 is 0.821. The van der Waals surface area contributed by atoms with E-state index in [9.17, 15) is 9.59 Å². The third kappa shape index (κ3) is 3.82. The normalized spacial score (nSPS) is 15.9. The van der Waals surface area contributed by atoms with Crippen molar-refractivity contribution in [3.63, 3.8) is 0 Å². The summed E-state index contributed by atoms with van der Waals surface area (Å²) >= 11 is 9.47. The minimum absolute atomic E-state index is 0.0887. The summed E-state index contributed by atoms with van der Waals surface area (Å²) in [5.41, 5.74) is 0.103. The monoisotopic (exact) mass is 386 g/mol. The van der Waals surface area contributed by atoms with Crippen LogP contribution in [-0.2, 0) is 4.79 Å². The van der Waals surface area contributed by atoms with E-state index in [2.05, 4.69) is 15.9 Å². The molecule has 0 unspecified atom stereocenters. The van der Waals surface area contributed by atoms with Gasteiger partial charge in [0.15, 0.2) is 0 Å². The van der Waals surface area contributed by atoms with Gasteiger partial charge in [-0.3, -0.25) is 9.59 Å². The molecule has 1 aromatic carbocycles. The van der Waals surface area contributed by atoms with E-state index in [0.29, 0.717) is 36.8 Å². The Morgan fingerprint density at radius 3 is 2.18 bits per heavy atom. The van der Waals surface area contributed by atoms with Crippen molar-refractivity contribution in [2.24, 2.45) is 5.41 Å². The molecule has 120 valence electrons. The highest BCUT2D eigenvalue weighted by Gasteiger charge is 2.31. The maximum atomic E-state index is 12.6. The number of piperazine rings is 1. The van der Waals surface area contributed by atoms with Crippen molar-refractivity contribution in [3.8, 4) is 0 Å². The fourth-order valence-corrected chi connectivity index (χ4v) is 2.98. The topological polar surface area (TPSA) is 40.6 Å². The van der Waals surface area contributed by atoms with E-state index in [-0.39, 0.29) is 17.2 Å². The van der Waals surface area contributed by atoms with Gasteiger partial charge in [0.2, 0.25) is 5.91 Å². The molecule has 0 aliphatic carbocycles. The van der Waals surface area contributed by atoms with Crippen molar-refractivity contribution >= 4 is 39.3 Å². The van der Waals surface area contributed by atoms with Crippen molar-refractivity contribution in [2.45, 2.75) is 20.8 Å². The largest absolute Gasteiger partial charge is 0.339 e. The van der Waals surface area contributed by atoms with Crippen LogP contribution in [0.3, 0.4) is 0 Å². The van der Waals surface area contributed by atoms with Gasteiger partial charge in [0.25, 0.3) is 5.91 Å². The lowest BCUT2D eigenvalue weighted by atomic mass is 9.94. The van der Waals surface area contributed by atoms with Gasteiger partial charge in [-0.25, -0.2) is 0 Å². The van der Waals surface area contributed by atoms with Crippen molar-refractivity contribution in [1.82, 2.24) is 9.80 Å². The molecular formula is C16H20BrClN2O2. The molecule has 0 spiro atoms. The lowest BCUT2D eigenvalue weighted by Gasteiger charge is -2.37. The van der Waals surface area contributed by atoms with Gasteiger partial charge in [-0.15, -0.1) is 0 Å². The van der Waals surface area contributed by atoms with Crippen LogP contribution in [0, 0.1) is 5.41 Å². The Bertz CT molecular complexity index is 590. The number of carbonyl (C=O) groups excluding carboxylic acids is 2. The SMILES string of the molecule is CC(C)(C)C(=O)N1CCN(C(=O)c2cc(Br)ccc2Cl)CC1. The van der Waals surface area contributed by atoms with E-state index in [1.165, 1.54) is 0 Å². The van der Waals surface area contributed by atoms with Gasteiger partial charge in [0, 0.05) is 36.1 Å². The number of carbonyl (C=O) groups is 2. The predicted molar refractivity (Wildman–Crippen MR) is 91.1 cm³/mol. The first-order chi connectivity index (χ1) is 10.2. The molecule has 0 aromatic heterocycles. The molecule has 1 aliphatic rings. The minimum Gasteiger partial charge on any atom is -0.339 e. The number of rotatable bonds is 1. The summed E-state index contributed by atoms with van der Waals surface area (Å²) in [6.07, 6.45) is 0. The highest BCUT2D eigenvalue weighted by molar-refractivity contribution is 9.10. The summed E-state index contributed by atoms with van der Waals surface area (Å²) in [6.45, 7) is 7.92. The molecule has 1 aromatic rings. The zero-order valence-electron chi connectivity index (χ0n) is 13.0. The molecule has 0 bridgehead atoms. The molecular weight excluding hydrogens is 368 g/mol. The number of nitrogens with zero attached hydrogens (tertiary/aromatic N) is 2. The van der Waals surface area contributed by atoms with E-state index >= 15 is 0 Å². The Labute approximate surface area is 144 Å². The molecule has 0 atom stereocenters. The van der Waals surface area contributed by atoms with Crippen LogP contribution in [0.5, 0.6) is 0 Å². The van der Waals surface area contributed by atoms with Gasteiger partial charge in [0.05, 0.1) is 10.6 Å². The Morgan fingerprint density at radius 2 is 1.64 bits per heavy atom. The summed E-state index contributed by atoms with van der Waals surface area (Å²) in [7, 11) is 0. The zero-order chi connectivity index (χ0) is 16.5. The van der Waals surface area contributed by atoms with Crippen LogP contribution in [0.25, 0.3) is 0 Å². The van der Waals surface area contributed by atoms with Crippen molar-refractivity contribution in [1.29, 1.82) is 0 Å². The quantitative estimate of drug-likeness (QED) is 0.741. The predicted octanol–water partition coefficient (Wildman–Crippen LogP) is 3.43. The molecule has 2 rings (SSSR count). The van der Waals surface area contributed by atoms with E-state index in [4.69, 9.17) is 11.6 Å². The van der Waals surface area contributed by atoms with Crippen LogP contribution >= 0.6 is 27.5 Å². The highest BCUT2D eigenvalue weighted by Crippen LogP contribution is 2.24. The van der Waals surface area contributed by atoms with E-state index < -0.39 is 0 Å². The first-order valence-corrected chi connectivity index (χ1v) is 8.41. The molecule has 2 amide bonds. The van der Waals surface area contributed by atoms with Crippen molar-refractivity contribution < 1.29 is 9.59 Å². The molecule has 0 radical (unpaired) electrons. The first-order valence-electron chi connectivity index (χ1n) is 7.24. The molecule has 1 heterocycles. The standard InChI is InChI=1S/C16H20BrClN2O2/c1-16(2,3)15(22)20-8-6-19(7-9-20)14(21)12-10-11(17)4-5-13(12)18/h4-5,10H,6-9H2,1-3H3. The lowest BCUT2D eigenvalue weighted by molar-refractivity contribution is -0.140. The molecule has 1 aliphatic heterocycles. The third-order valence-electron chi connectivity index (χ3n) is 3.65. The minimum atomic E-state index is -0.389. The first kappa shape index (κ1) is 17.3. The van der Waals surface area contributed by atoms with Gasteiger partial charge in [-0.2, -0.15) is 0 Å². The number of hydrogen-bond acceptors (Lipinski definition) is 2. The fraction of sp³-hybridized carbons (Fsp3) is 0.500. The molecule has 4 nitrogen and oxygen atoms in total. The van der Waals surface area contributed by atoms with E-state index in [1.54, 1.807) is 23.1 Å². The maximum absolute atomic E-state index is 12.6. The molecule has 1 saturated heterocycles. The summed E-state index contributed by atoms with van der Waals surface area (Å²) in [4.78, 5) is 28.4. The molecule has 0 N–H and O–H groups in total. The van der Waals surface area contributed by atoms with Gasteiger partial charge in [0.1, 0.15) is 0 Å². The number of benzene rings is 1. The second-order valence-electron chi connectivity index (χ2n) is 6.46. The number of hydrogen-bond donors (Lipinski definition) is 0. The second-order valence-corrected chi connectivity index (χ2v) is 7.78. The smallest absolute Gasteiger partial charge is 0.255 e. The zero-order valence-corrected chi connectivity index (χ0v) is 15.4. The van der Waals surface area contributed by atoms with Crippen LogP contribution in [0.2, 0.25) is 5.02 Å². The van der Waals surface area contributed by atoms with Crippen LogP contribution in [0.4, 0.5) is 0 Å².